The highest BCUT2D eigenvalue weighted by atomic mass is 16.4. The smallest absolute Gasteiger partial charge is 0.144 e. The minimum absolute atomic E-state index is 0.141. The van der Waals surface area contributed by atoms with E-state index in [2.05, 4.69) is 0 Å². The number of quaternary nitrogens is 1. The van der Waals surface area contributed by atoms with Crippen LogP contribution in [0, 0.1) is 0 Å². The first-order valence-corrected chi connectivity index (χ1v) is 4.68. The molecule has 0 aromatic carbocycles. The molecular weight excluding hydrogens is 206 g/mol. The van der Waals surface area contributed by atoms with Gasteiger partial charge >= 0.3 is 0 Å². The molecule has 1 aliphatic rings. The Morgan fingerprint density at radius 1 is 1.53 bits per heavy atom. The summed E-state index contributed by atoms with van der Waals surface area (Å²) in [6.07, 6.45) is -3.92. The van der Waals surface area contributed by atoms with E-state index in [4.69, 9.17) is 5.11 Å². The third-order valence-corrected chi connectivity index (χ3v) is 2.67. The Hall–Kier alpha value is -0.730. The topological polar surface area (TPSA) is 138 Å². The Balaban J connectivity index is 2.72. The highest BCUT2D eigenvalue weighted by Crippen LogP contribution is 2.11. The number of aliphatic carboxylic acids is 1. The molecule has 0 spiro atoms. The molecule has 6 N–H and O–H groups in total. The van der Waals surface area contributed by atoms with E-state index >= 15 is 0 Å². The van der Waals surface area contributed by atoms with Gasteiger partial charge in [0.2, 0.25) is 0 Å². The normalized spacial score (nSPS) is 38.7. The highest BCUT2D eigenvalue weighted by Gasteiger charge is 2.42. The molecule has 1 heterocycles. The van der Waals surface area contributed by atoms with Crippen molar-refractivity contribution in [3.63, 3.8) is 0 Å². The van der Waals surface area contributed by atoms with Crippen molar-refractivity contribution < 1.29 is 35.6 Å². The minimum Gasteiger partial charge on any atom is -0.544 e. The summed E-state index contributed by atoms with van der Waals surface area (Å²) in [6, 6.07) is -1.98. The van der Waals surface area contributed by atoms with Crippen LogP contribution in [0.2, 0.25) is 0 Å². The molecule has 0 bridgehead atoms. The summed E-state index contributed by atoms with van der Waals surface area (Å²) < 4.78 is 0. The predicted octanol–water partition coefficient (Wildman–Crippen LogP) is -5.48. The van der Waals surface area contributed by atoms with E-state index < -0.39 is 43.0 Å². The third-order valence-electron chi connectivity index (χ3n) is 2.67. The molecule has 0 aliphatic carbocycles. The summed E-state index contributed by atoms with van der Waals surface area (Å²) in [6.45, 7) is -0.606. The van der Waals surface area contributed by atoms with Gasteiger partial charge in [-0.05, 0) is 0 Å². The van der Waals surface area contributed by atoms with Crippen LogP contribution in [0.15, 0.2) is 0 Å². The standard InChI is InChI=1S/C8H15NO6/c10-2-5(12)6-7(13)4(11)1-3(9-6)8(14)15/h3-7,9-13H,1-2H2,(H,14,15)/t3-,4-,5-,6?,7-/m1/s1. The van der Waals surface area contributed by atoms with Crippen LogP contribution in [0.3, 0.4) is 0 Å². The number of nitrogens with two attached hydrogens (primary N) is 1. The first-order valence-electron chi connectivity index (χ1n) is 4.68. The first kappa shape index (κ1) is 12.3. The fourth-order valence-electron chi connectivity index (χ4n) is 1.77. The third kappa shape index (κ3) is 2.64. The number of aliphatic hydroxyl groups excluding tert-OH is 4. The number of piperidine rings is 1. The van der Waals surface area contributed by atoms with E-state index in [9.17, 15) is 25.2 Å². The predicted molar refractivity (Wildman–Crippen MR) is 44.2 cm³/mol. The van der Waals surface area contributed by atoms with Crippen molar-refractivity contribution in [3.8, 4) is 0 Å². The van der Waals surface area contributed by atoms with Crippen molar-refractivity contribution in [2.24, 2.45) is 0 Å². The molecule has 0 aromatic rings. The fraction of sp³-hybridized carbons (Fsp3) is 0.875. The quantitative estimate of drug-likeness (QED) is 0.322. The van der Waals surface area contributed by atoms with E-state index in [1.165, 1.54) is 5.32 Å². The lowest BCUT2D eigenvalue weighted by Gasteiger charge is -2.36. The van der Waals surface area contributed by atoms with Gasteiger partial charge in [-0.3, -0.25) is 0 Å². The van der Waals surface area contributed by atoms with E-state index in [1.807, 2.05) is 0 Å². The van der Waals surface area contributed by atoms with Crippen molar-refractivity contribution >= 4 is 5.97 Å². The Bertz CT molecular complexity index is 235. The minimum atomic E-state index is -1.36. The van der Waals surface area contributed by atoms with E-state index in [0.29, 0.717) is 0 Å². The number of hydrogen-bond acceptors (Lipinski definition) is 6. The maximum absolute atomic E-state index is 10.6. The Morgan fingerprint density at radius 3 is 2.60 bits per heavy atom. The lowest BCUT2D eigenvalue weighted by Crippen LogP contribution is -3.04. The second kappa shape index (κ2) is 4.86. The zero-order chi connectivity index (χ0) is 11.6. The van der Waals surface area contributed by atoms with Gasteiger partial charge in [-0.25, -0.2) is 0 Å². The SMILES string of the molecule is O=C([O-])[C@H]1C[C@@H](O)[C@@H](O)C([C@H](O)CO)[NH2+]1. The van der Waals surface area contributed by atoms with Crippen molar-refractivity contribution in [1.82, 2.24) is 0 Å². The molecule has 1 fully saturated rings. The lowest BCUT2D eigenvalue weighted by molar-refractivity contribution is -0.740. The number of carboxylic acid groups (broad SMARTS) is 1. The van der Waals surface area contributed by atoms with E-state index in [-0.39, 0.29) is 6.42 Å². The van der Waals surface area contributed by atoms with Gasteiger partial charge in [-0.2, -0.15) is 0 Å². The number of aliphatic hydroxyl groups is 4. The second-order valence-electron chi connectivity index (χ2n) is 3.74. The van der Waals surface area contributed by atoms with Crippen LogP contribution < -0.4 is 10.4 Å². The molecule has 5 atom stereocenters. The number of hydrogen-bond donors (Lipinski definition) is 5. The molecule has 1 saturated heterocycles. The van der Waals surface area contributed by atoms with Crippen LogP contribution in [0.4, 0.5) is 0 Å². The van der Waals surface area contributed by atoms with Crippen LogP contribution >= 0.6 is 0 Å². The van der Waals surface area contributed by atoms with E-state index in [1.54, 1.807) is 0 Å². The van der Waals surface area contributed by atoms with Crippen molar-refractivity contribution in [2.45, 2.75) is 36.8 Å². The summed E-state index contributed by atoms with van der Waals surface area (Å²) >= 11 is 0. The van der Waals surface area contributed by atoms with Crippen molar-refractivity contribution in [3.05, 3.63) is 0 Å². The van der Waals surface area contributed by atoms with Crippen LogP contribution in [-0.4, -0.2) is 63.4 Å². The largest absolute Gasteiger partial charge is 0.544 e. The molecule has 15 heavy (non-hydrogen) atoms. The van der Waals surface area contributed by atoms with Crippen LogP contribution in [0.5, 0.6) is 0 Å². The average molecular weight is 221 g/mol. The van der Waals surface area contributed by atoms with Gasteiger partial charge in [0.15, 0.2) is 0 Å². The van der Waals surface area contributed by atoms with Crippen LogP contribution in [0.1, 0.15) is 6.42 Å². The van der Waals surface area contributed by atoms with E-state index in [0.717, 1.165) is 0 Å². The molecule has 1 aliphatic heterocycles. The molecule has 0 radical (unpaired) electrons. The monoisotopic (exact) mass is 221 g/mol. The van der Waals surface area contributed by atoms with Crippen LogP contribution in [-0.2, 0) is 4.79 Å². The number of carbonyl (C=O) groups excluding carboxylic acids is 1. The van der Waals surface area contributed by atoms with Crippen molar-refractivity contribution in [2.75, 3.05) is 6.61 Å². The van der Waals surface area contributed by atoms with Gasteiger partial charge in [0.05, 0.1) is 18.7 Å². The van der Waals surface area contributed by atoms with Gasteiger partial charge < -0.3 is 35.6 Å². The second-order valence-corrected chi connectivity index (χ2v) is 3.74. The zero-order valence-electron chi connectivity index (χ0n) is 7.98. The average Bonchev–Trinajstić information content (AvgIpc) is 2.20. The first-order chi connectivity index (χ1) is 6.97. The summed E-state index contributed by atoms with van der Waals surface area (Å²) in [5.74, 6) is -1.36. The van der Waals surface area contributed by atoms with Gasteiger partial charge in [-0.1, -0.05) is 0 Å². The molecule has 0 aromatic heterocycles. The summed E-state index contributed by atoms with van der Waals surface area (Å²) in [7, 11) is 0. The van der Waals surface area contributed by atoms with Gasteiger partial charge in [0.25, 0.3) is 0 Å². The molecule has 0 amide bonds. The highest BCUT2D eigenvalue weighted by molar-refractivity contribution is 5.69. The lowest BCUT2D eigenvalue weighted by atomic mass is 9.90. The molecule has 88 valence electrons. The molecule has 1 rings (SSSR count). The summed E-state index contributed by atoms with van der Waals surface area (Å²) in [4.78, 5) is 10.6. The van der Waals surface area contributed by atoms with Gasteiger partial charge in [-0.15, -0.1) is 0 Å². The molecular formula is C8H15NO6. The Labute approximate surface area is 86.0 Å². The van der Waals surface area contributed by atoms with Crippen LogP contribution in [0.25, 0.3) is 0 Å². The molecule has 7 heteroatoms. The Morgan fingerprint density at radius 2 is 2.13 bits per heavy atom. The fourth-order valence-corrected chi connectivity index (χ4v) is 1.77. The number of carbonyl (C=O) groups is 1. The molecule has 1 unspecified atom stereocenters. The maximum Gasteiger partial charge on any atom is 0.144 e. The zero-order valence-corrected chi connectivity index (χ0v) is 7.98. The van der Waals surface area contributed by atoms with Gasteiger partial charge in [0, 0.05) is 6.42 Å². The Kier molecular flexibility index (Phi) is 4.00. The maximum atomic E-state index is 10.6. The number of rotatable bonds is 3. The van der Waals surface area contributed by atoms with Gasteiger partial charge in [0.1, 0.15) is 24.3 Å². The molecule has 0 saturated carbocycles. The van der Waals surface area contributed by atoms with Crippen molar-refractivity contribution in [1.29, 1.82) is 0 Å². The summed E-state index contributed by atoms with van der Waals surface area (Å²) in [5.41, 5.74) is 0. The summed E-state index contributed by atoms with van der Waals surface area (Å²) in [5, 5.41) is 48.6. The molecule has 7 nitrogen and oxygen atoms in total. The number of carboxylic acids is 1.